The molecule has 0 fully saturated rings. The largest absolute Gasteiger partial charge is 0.480 e. The van der Waals surface area contributed by atoms with Crippen molar-refractivity contribution in [2.24, 2.45) is 0 Å². The van der Waals surface area contributed by atoms with Gasteiger partial charge < -0.3 is 20.0 Å². The Morgan fingerprint density at radius 2 is 1.53 bits per heavy atom. The van der Waals surface area contributed by atoms with Crippen LogP contribution in [0.1, 0.15) is 28.3 Å². The normalized spacial score (nSPS) is 11.4. The fourth-order valence-electron chi connectivity index (χ4n) is 4.43. The van der Waals surface area contributed by atoms with Crippen LogP contribution >= 0.6 is 0 Å². The smallest absolute Gasteiger partial charge is 0.326 e. The quantitative estimate of drug-likeness (QED) is 0.265. The number of hydrogen-bond acceptors (Lipinski definition) is 3. The van der Waals surface area contributed by atoms with E-state index in [1.165, 1.54) is 0 Å². The summed E-state index contributed by atoms with van der Waals surface area (Å²) in [5.74, 6) is -1.04. The van der Waals surface area contributed by atoms with Crippen molar-refractivity contribution in [2.75, 3.05) is 0 Å². The van der Waals surface area contributed by atoms with Crippen LogP contribution in [0.3, 0.4) is 0 Å². The predicted octanol–water partition coefficient (Wildman–Crippen LogP) is 4.70. The van der Waals surface area contributed by atoms with Crippen molar-refractivity contribution >= 4 is 23.3 Å². The Kier molecular flexibility index (Phi) is 8.51. The first kappa shape index (κ1) is 26.2. The molecular weight excluding hydrogens is 478 g/mol. The first-order valence-corrected chi connectivity index (χ1v) is 12.2. The van der Waals surface area contributed by atoms with Gasteiger partial charge in [0.1, 0.15) is 6.04 Å². The highest BCUT2D eigenvalue weighted by atomic mass is 16.4. The topological polar surface area (TPSA) is 104 Å². The van der Waals surface area contributed by atoms with Gasteiger partial charge in [-0.15, -0.1) is 0 Å². The van der Waals surface area contributed by atoms with Gasteiger partial charge in [0.2, 0.25) is 6.41 Å². The maximum atomic E-state index is 12.5. The number of carbonyl (C=O) groups excluding carboxylic acids is 1. The van der Waals surface area contributed by atoms with Gasteiger partial charge in [0.25, 0.3) is 5.56 Å². The molecule has 0 aliphatic heterocycles. The molecule has 5 aromatic rings. The molecule has 192 valence electrons. The number of nitrogens with zero attached hydrogens (tertiary/aromatic N) is 1. The van der Waals surface area contributed by atoms with Crippen molar-refractivity contribution in [3.8, 4) is 0 Å². The molecule has 7 nitrogen and oxygen atoms in total. The summed E-state index contributed by atoms with van der Waals surface area (Å²) in [5, 5.41) is 12.2. The summed E-state index contributed by atoms with van der Waals surface area (Å²) in [6.07, 6.45) is 4.30. The second-order valence-electron chi connectivity index (χ2n) is 8.87. The van der Waals surface area contributed by atoms with Crippen LogP contribution < -0.4 is 10.9 Å². The number of pyridine rings is 1. The van der Waals surface area contributed by atoms with Crippen molar-refractivity contribution in [3.05, 3.63) is 142 Å². The minimum atomic E-state index is -1.04. The van der Waals surface area contributed by atoms with Crippen molar-refractivity contribution in [3.63, 3.8) is 0 Å². The summed E-state index contributed by atoms with van der Waals surface area (Å²) < 4.78 is 1.81. The van der Waals surface area contributed by atoms with Crippen LogP contribution in [0.4, 0.5) is 0 Å². The average molecular weight is 508 g/mol. The van der Waals surface area contributed by atoms with Gasteiger partial charge in [0.15, 0.2) is 0 Å². The number of amides is 1. The lowest BCUT2D eigenvalue weighted by Gasteiger charge is -2.21. The zero-order valence-corrected chi connectivity index (χ0v) is 21.0. The van der Waals surface area contributed by atoms with E-state index in [1.807, 2.05) is 85.9 Å². The number of rotatable bonds is 8. The highest BCUT2D eigenvalue weighted by molar-refractivity contribution is 5.84. The summed E-state index contributed by atoms with van der Waals surface area (Å²) in [6.45, 7) is 1.85. The number of aliphatic carboxylic acids is 1. The Labute approximate surface area is 220 Å². The minimum Gasteiger partial charge on any atom is -0.480 e. The predicted molar refractivity (Wildman–Crippen MR) is 148 cm³/mol. The zero-order valence-electron chi connectivity index (χ0n) is 21.0. The molecule has 3 aromatic carbocycles. The van der Waals surface area contributed by atoms with Gasteiger partial charge in [0, 0.05) is 35.3 Å². The van der Waals surface area contributed by atoms with Gasteiger partial charge in [-0.3, -0.25) is 9.59 Å². The minimum absolute atomic E-state index is 0.0511. The van der Waals surface area contributed by atoms with E-state index in [0.29, 0.717) is 6.41 Å². The molecule has 0 saturated heterocycles. The highest BCUT2D eigenvalue weighted by Gasteiger charge is 2.19. The molecule has 1 unspecified atom stereocenters. The highest BCUT2D eigenvalue weighted by Crippen LogP contribution is 2.25. The van der Waals surface area contributed by atoms with E-state index in [4.69, 9.17) is 5.11 Å². The maximum absolute atomic E-state index is 12.5. The number of carboxylic acid groups (broad SMARTS) is 1. The lowest BCUT2D eigenvalue weighted by atomic mass is 9.98. The van der Waals surface area contributed by atoms with E-state index in [-0.39, 0.29) is 18.0 Å². The van der Waals surface area contributed by atoms with Crippen LogP contribution in [-0.4, -0.2) is 33.1 Å². The van der Waals surface area contributed by atoms with E-state index in [9.17, 15) is 14.4 Å². The summed E-state index contributed by atoms with van der Waals surface area (Å²) in [5.41, 5.74) is 4.86. The SMILES string of the molecule is Cc1cccn(C(c2ccccc2)c2ccccc2)c1=O.O=CNC(Cc1c[nH]c2ccccc12)C(=O)O. The number of H-pyrrole nitrogens is 1. The summed E-state index contributed by atoms with van der Waals surface area (Å²) in [7, 11) is 0. The standard InChI is InChI=1S/C19H17NO.C12H12N2O3/c1-15-9-8-14-20(19(15)21)18(16-10-4-2-5-11-16)17-12-6-3-7-13-17;15-7-14-11(12(16)17)5-8-6-13-10-4-2-1-3-9(8)10/h2-14,18H,1H3;1-4,6-7,11,13H,5H2,(H,14,15)(H,16,17). The third kappa shape index (κ3) is 6.07. The molecule has 7 heteroatoms. The monoisotopic (exact) mass is 507 g/mol. The number of aromatic amines is 1. The number of aromatic nitrogens is 2. The number of benzene rings is 3. The maximum Gasteiger partial charge on any atom is 0.326 e. The van der Waals surface area contributed by atoms with Crippen molar-refractivity contribution in [1.82, 2.24) is 14.9 Å². The molecule has 0 aliphatic rings. The lowest BCUT2D eigenvalue weighted by molar-refractivity contribution is -0.140. The zero-order chi connectivity index (χ0) is 26.9. The molecule has 0 radical (unpaired) electrons. The Morgan fingerprint density at radius 3 is 2.13 bits per heavy atom. The number of carbonyl (C=O) groups is 2. The van der Waals surface area contributed by atoms with E-state index < -0.39 is 12.0 Å². The number of fused-ring (bicyclic) bond motifs is 1. The molecule has 38 heavy (non-hydrogen) atoms. The molecule has 0 bridgehead atoms. The second kappa shape index (κ2) is 12.4. The van der Waals surface area contributed by atoms with Crippen molar-refractivity contribution < 1.29 is 14.7 Å². The molecule has 5 rings (SSSR count). The van der Waals surface area contributed by atoms with Crippen molar-refractivity contribution in [2.45, 2.75) is 25.4 Å². The van der Waals surface area contributed by atoms with Gasteiger partial charge >= 0.3 is 5.97 Å². The summed E-state index contributed by atoms with van der Waals surface area (Å²) in [6, 6.07) is 30.7. The molecule has 0 aliphatic carbocycles. The molecule has 0 spiro atoms. The molecule has 2 heterocycles. The molecule has 3 N–H and O–H groups in total. The van der Waals surface area contributed by atoms with Crippen LogP contribution in [0, 0.1) is 6.92 Å². The lowest BCUT2D eigenvalue weighted by Crippen LogP contribution is -2.37. The number of aryl methyl sites for hydroxylation is 1. The van der Waals surface area contributed by atoms with Gasteiger partial charge in [-0.2, -0.15) is 0 Å². The third-order valence-corrected chi connectivity index (χ3v) is 6.34. The van der Waals surface area contributed by atoms with E-state index >= 15 is 0 Å². The Balaban J connectivity index is 0.000000181. The third-order valence-electron chi connectivity index (χ3n) is 6.34. The van der Waals surface area contributed by atoms with Gasteiger partial charge in [-0.05, 0) is 35.7 Å². The first-order valence-electron chi connectivity index (χ1n) is 12.2. The van der Waals surface area contributed by atoms with Crippen molar-refractivity contribution in [1.29, 1.82) is 0 Å². The van der Waals surface area contributed by atoms with E-state index in [0.717, 1.165) is 33.2 Å². The Hall–Kier alpha value is -4.91. The van der Waals surface area contributed by atoms with Gasteiger partial charge in [0.05, 0.1) is 6.04 Å². The fourth-order valence-corrected chi connectivity index (χ4v) is 4.43. The van der Waals surface area contributed by atoms with Crippen LogP contribution in [-0.2, 0) is 16.0 Å². The fraction of sp³-hybridized carbons (Fsp3) is 0.129. The molecule has 0 saturated carbocycles. The van der Waals surface area contributed by atoms with Gasteiger partial charge in [-0.1, -0.05) is 84.9 Å². The number of hydrogen-bond donors (Lipinski definition) is 3. The molecule has 1 amide bonds. The molecular formula is C31H29N3O4. The van der Waals surface area contributed by atoms with E-state index in [1.54, 1.807) is 10.8 Å². The van der Waals surface area contributed by atoms with Crippen LogP contribution in [0.2, 0.25) is 0 Å². The van der Waals surface area contributed by atoms with Crippen LogP contribution in [0.15, 0.2) is 114 Å². The summed E-state index contributed by atoms with van der Waals surface area (Å²) in [4.78, 5) is 36.8. The Bertz CT molecular complexity index is 1520. The molecule has 2 aromatic heterocycles. The molecule has 1 atom stereocenters. The number of carboxylic acids is 1. The first-order chi connectivity index (χ1) is 18.5. The van der Waals surface area contributed by atoms with Crippen LogP contribution in [0.5, 0.6) is 0 Å². The van der Waals surface area contributed by atoms with E-state index in [2.05, 4.69) is 34.6 Å². The number of para-hydroxylation sites is 1. The van der Waals surface area contributed by atoms with Gasteiger partial charge in [-0.25, -0.2) is 4.79 Å². The number of nitrogens with one attached hydrogen (secondary N) is 2. The summed E-state index contributed by atoms with van der Waals surface area (Å²) >= 11 is 0. The average Bonchev–Trinajstić information content (AvgIpc) is 3.35. The Morgan fingerprint density at radius 1 is 0.921 bits per heavy atom. The second-order valence-corrected chi connectivity index (χ2v) is 8.87. The van der Waals surface area contributed by atoms with Crippen LogP contribution in [0.25, 0.3) is 10.9 Å².